The fourth-order valence-corrected chi connectivity index (χ4v) is 2.68. The minimum atomic E-state index is 0.413. The summed E-state index contributed by atoms with van der Waals surface area (Å²) in [5.41, 5.74) is 8.17. The van der Waals surface area contributed by atoms with Crippen molar-refractivity contribution >= 4 is 62.6 Å². The van der Waals surface area contributed by atoms with Crippen molar-refractivity contribution < 1.29 is 0 Å². The molecule has 3 nitrogen and oxygen atoms in total. The van der Waals surface area contributed by atoms with Crippen LogP contribution >= 0.6 is 34.8 Å². The Kier molecular flexibility index (Phi) is 3.81. The molecule has 0 unspecified atom stereocenters. The Morgan fingerprint density at radius 1 is 0.857 bits per heavy atom. The molecular weight excluding hydrogens is 329 g/mol. The van der Waals surface area contributed by atoms with Crippen LogP contribution in [0, 0.1) is 0 Å². The van der Waals surface area contributed by atoms with E-state index in [-0.39, 0.29) is 0 Å². The van der Waals surface area contributed by atoms with Crippen LogP contribution in [0.25, 0.3) is 10.8 Å². The van der Waals surface area contributed by atoms with E-state index in [1.807, 2.05) is 18.2 Å². The van der Waals surface area contributed by atoms with Gasteiger partial charge >= 0.3 is 0 Å². The van der Waals surface area contributed by atoms with Crippen molar-refractivity contribution in [2.24, 2.45) is 0 Å². The number of benzene rings is 2. The van der Waals surface area contributed by atoms with Gasteiger partial charge in [-0.2, -0.15) is 0 Å². The molecule has 0 spiro atoms. The van der Waals surface area contributed by atoms with Gasteiger partial charge in [0, 0.05) is 34.5 Å². The molecule has 0 saturated carbocycles. The van der Waals surface area contributed by atoms with E-state index < -0.39 is 0 Å². The van der Waals surface area contributed by atoms with Gasteiger partial charge in [0.15, 0.2) is 0 Å². The molecule has 0 bridgehead atoms. The first-order valence-corrected chi connectivity index (χ1v) is 7.23. The lowest BCUT2D eigenvalue weighted by Gasteiger charge is -2.13. The number of aromatic nitrogens is 1. The van der Waals surface area contributed by atoms with E-state index in [4.69, 9.17) is 40.5 Å². The van der Waals surface area contributed by atoms with E-state index in [9.17, 15) is 0 Å². The first kappa shape index (κ1) is 14.3. The van der Waals surface area contributed by atoms with Gasteiger partial charge in [0.1, 0.15) is 0 Å². The minimum absolute atomic E-state index is 0.413. The van der Waals surface area contributed by atoms with Crippen LogP contribution in [-0.4, -0.2) is 4.98 Å². The molecule has 0 saturated heterocycles. The highest BCUT2D eigenvalue weighted by Crippen LogP contribution is 2.36. The van der Waals surface area contributed by atoms with Crippen molar-refractivity contribution in [2.45, 2.75) is 0 Å². The first-order valence-electron chi connectivity index (χ1n) is 6.10. The van der Waals surface area contributed by atoms with E-state index >= 15 is 0 Å². The summed E-state index contributed by atoms with van der Waals surface area (Å²) >= 11 is 18.2. The zero-order valence-electron chi connectivity index (χ0n) is 10.7. The number of hydrogen-bond acceptors (Lipinski definition) is 3. The second kappa shape index (κ2) is 5.60. The molecule has 0 amide bonds. The zero-order chi connectivity index (χ0) is 15.0. The maximum Gasteiger partial charge on any atom is 0.0656 e. The molecule has 0 aliphatic rings. The standard InChI is InChI=1S/C15H10Cl3N3/c16-10-5-12(18)15(6-11(10)17)21-14-2-1-13(19)8-3-4-20-7-9(8)14/h1-7,21H,19H2. The highest BCUT2D eigenvalue weighted by atomic mass is 35.5. The zero-order valence-corrected chi connectivity index (χ0v) is 13.0. The van der Waals surface area contributed by atoms with E-state index in [1.165, 1.54) is 0 Å². The van der Waals surface area contributed by atoms with Gasteiger partial charge < -0.3 is 11.1 Å². The largest absolute Gasteiger partial charge is 0.398 e. The molecule has 1 heterocycles. The Balaban J connectivity index is 2.11. The van der Waals surface area contributed by atoms with Crippen LogP contribution in [0.15, 0.2) is 42.7 Å². The highest BCUT2D eigenvalue weighted by Gasteiger charge is 2.09. The maximum atomic E-state index is 6.19. The summed E-state index contributed by atoms with van der Waals surface area (Å²) in [6, 6.07) is 8.86. The number of fused-ring (bicyclic) bond motifs is 1. The number of nitrogen functional groups attached to an aromatic ring is 1. The SMILES string of the molecule is Nc1ccc(Nc2cc(Cl)c(Cl)cc2Cl)c2cnccc12. The maximum absolute atomic E-state index is 6.19. The van der Waals surface area contributed by atoms with Crippen molar-refractivity contribution in [3.05, 3.63) is 57.8 Å². The van der Waals surface area contributed by atoms with E-state index in [0.717, 1.165) is 16.5 Å². The lowest BCUT2D eigenvalue weighted by molar-refractivity contribution is 1.36. The molecule has 3 N–H and O–H groups in total. The molecule has 0 aliphatic heterocycles. The fourth-order valence-electron chi connectivity index (χ4n) is 2.09. The number of nitrogens with zero attached hydrogens (tertiary/aromatic N) is 1. The number of nitrogens with two attached hydrogens (primary N) is 1. The van der Waals surface area contributed by atoms with Crippen molar-refractivity contribution in [1.29, 1.82) is 0 Å². The lowest BCUT2D eigenvalue weighted by atomic mass is 10.1. The van der Waals surface area contributed by atoms with Crippen LogP contribution < -0.4 is 11.1 Å². The molecular formula is C15H10Cl3N3. The van der Waals surface area contributed by atoms with Crippen LogP contribution in [0.1, 0.15) is 0 Å². The molecule has 0 fully saturated rings. The van der Waals surface area contributed by atoms with Gasteiger partial charge in [-0.3, -0.25) is 4.98 Å². The minimum Gasteiger partial charge on any atom is -0.398 e. The topological polar surface area (TPSA) is 50.9 Å². The summed E-state index contributed by atoms with van der Waals surface area (Å²) < 4.78 is 0. The van der Waals surface area contributed by atoms with Crippen molar-refractivity contribution in [3.63, 3.8) is 0 Å². The molecule has 3 rings (SSSR count). The summed E-state index contributed by atoms with van der Waals surface area (Å²) in [7, 11) is 0. The third-order valence-electron chi connectivity index (χ3n) is 3.13. The third-order valence-corrected chi connectivity index (χ3v) is 4.17. The molecule has 6 heteroatoms. The number of halogens is 3. The van der Waals surface area contributed by atoms with Crippen molar-refractivity contribution in [3.8, 4) is 0 Å². The van der Waals surface area contributed by atoms with E-state index in [1.54, 1.807) is 24.5 Å². The summed E-state index contributed by atoms with van der Waals surface area (Å²) in [6.45, 7) is 0. The monoisotopic (exact) mass is 337 g/mol. The number of anilines is 3. The van der Waals surface area contributed by atoms with Gasteiger partial charge in [-0.15, -0.1) is 0 Å². The molecule has 0 atom stereocenters. The summed E-state index contributed by atoms with van der Waals surface area (Å²) in [5.74, 6) is 0. The molecule has 21 heavy (non-hydrogen) atoms. The summed E-state index contributed by atoms with van der Waals surface area (Å²) in [6.07, 6.45) is 3.45. The number of hydrogen-bond donors (Lipinski definition) is 2. The number of pyridine rings is 1. The van der Waals surface area contributed by atoms with Crippen molar-refractivity contribution in [1.82, 2.24) is 4.98 Å². The number of nitrogens with one attached hydrogen (secondary N) is 1. The lowest BCUT2D eigenvalue weighted by Crippen LogP contribution is -1.95. The van der Waals surface area contributed by atoms with Crippen LogP contribution in [0.4, 0.5) is 17.1 Å². The first-order chi connectivity index (χ1) is 10.1. The smallest absolute Gasteiger partial charge is 0.0656 e. The number of rotatable bonds is 2. The summed E-state index contributed by atoms with van der Waals surface area (Å²) in [5, 5.41) is 6.39. The Hall–Kier alpha value is -1.68. The Morgan fingerprint density at radius 3 is 2.43 bits per heavy atom. The normalized spacial score (nSPS) is 10.8. The molecule has 1 aromatic heterocycles. The van der Waals surface area contributed by atoms with E-state index in [0.29, 0.717) is 26.4 Å². The van der Waals surface area contributed by atoms with Crippen LogP contribution in [0.2, 0.25) is 15.1 Å². The quantitative estimate of drug-likeness (QED) is 0.478. The second-order valence-electron chi connectivity index (χ2n) is 4.49. The van der Waals surface area contributed by atoms with Crippen LogP contribution in [0.3, 0.4) is 0 Å². The summed E-state index contributed by atoms with van der Waals surface area (Å²) in [4.78, 5) is 4.13. The van der Waals surface area contributed by atoms with Crippen LogP contribution in [0.5, 0.6) is 0 Å². The third kappa shape index (κ3) is 2.72. The van der Waals surface area contributed by atoms with Gasteiger partial charge in [-0.05, 0) is 30.3 Å². The van der Waals surface area contributed by atoms with Crippen LogP contribution in [-0.2, 0) is 0 Å². The Morgan fingerprint density at radius 2 is 1.62 bits per heavy atom. The Labute approximate surface area is 136 Å². The molecule has 3 aromatic rings. The highest BCUT2D eigenvalue weighted by molar-refractivity contribution is 6.44. The Bertz CT molecular complexity index is 834. The second-order valence-corrected chi connectivity index (χ2v) is 5.72. The predicted octanol–water partition coefficient (Wildman–Crippen LogP) is 5.52. The molecule has 106 valence electrons. The van der Waals surface area contributed by atoms with Gasteiger partial charge in [-0.1, -0.05) is 34.8 Å². The fraction of sp³-hybridized carbons (Fsp3) is 0. The average molecular weight is 339 g/mol. The van der Waals surface area contributed by atoms with E-state index in [2.05, 4.69) is 10.3 Å². The van der Waals surface area contributed by atoms with Gasteiger partial charge in [0.25, 0.3) is 0 Å². The molecule has 0 radical (unpaired) electrons. The van der Waals surface area contributed by atoms with Gasteiger partial charge in [0.05, 0.1) is 20.8 Å². The molecule has 2 aromatic carbocycles. The van der Waals surface area contributed by atoms with Crippen molar-refractivity contribution in [2.75, 3.05) is 11.1 Å². The average Bonchev–Trinajstić information content (AvgIpc) is 2.48. The van der Waals surface area contributed by atoms with Gasteiger partial charge in [-0.25, -0.2) is 0 Å². The molecule has 0 aliphatic carbocycles. The predicted molar refractivity (Wildman–Crippen MR) is 90.9 cm³/mol. The van der Waals surface area contributed by atoms with Gasteiger partial charge in [0.2, 0.25) is 0 Å².